The molecule has 4 nitrogen and oxygen atoms in total. The Bertz CT molecular complexity index is 859. The second-order valence-electron chi connectivity index (χ2n) is 3.92. The van der Waals surface area contributed by atoms with E-state index in [9.17, 15) is 0 Å². The molecule has 3 heterocycles. The zero-order valence-corrected chi connectivity index (χ0v) is 9.44. The first-order chi connectivity index (χ1) is 8.33. The predicted octanol–water partition coefficient (Wildman–Crippen LogP) is 3.02. The Morgan fingerprint density at radius 2 is 2.12 bits per heavy atom. The van der Waals surface area contributed by atoms with Crippen molar-refractivity contribution in [2.24, 2.45) is 0 Å². The van der Waals surface area contributed by atoms with Crippen LogP contribution in [0.15, 0.2) is 36.7 Å². The quantitative estimate of drug-likeness (QED) is 0.515. The molecule has 4 aromatic rings. The van der Waals surface area contributed by atoms with Crippen LogP contribution in [-0.4, -0.2) is 19.4 Å². The van der Waals surface area contributed by atoms with Crippen LogP contribution in [0, 0.1) is 0 Å². The molecule has 0 saturated heterocycles. The maximum Gasteiger partial charge on any atom is 0.236 e. The van der Waals surface area contributed by atoms with E-state index in [0.717, 1.165) is 22.1 Å². The van der Waals surface area contributed by atoms with Gasteiger partial charge < -0.3 is 4.98 Å². The van der Waals surface area contributed by atoms with Crippen molar-refractivity contribution in [3.8, 4) is 0 Å². The molecule has 0 bridgehead atoms. The third-order valence-electron chi connectivity index (χ3n) is 2.88. The first-order valence-electron chi connectivity index (χ1n) is 5.23. The number of hydrogen-bond acceptors (Lipinski definition) is 2. The van der Waals surface area contributed by atoms with Crippen molar-refractivity contribution in [3.63, 3.8) is 0 Å². The van der Waals surface area contributed by atoms with E-state index in [1.807, 2.05) is 34.9 Å². The third kappa shape index (κ3) is 1.13. The lowest BCUT2D eigenvalue weighted by Crippen LogP contribution is -1.88. The summed E-state index contributed by atoms with van der Waals surface area (Å²) in [5.41, 5.74) is 2.92. The summed E-state index contributed by atoms with van der Waals surface area (Å²) < 4.78 is 1.87. The normalized spacial score (nSPS) is 11.8. The molecule has 17 heavy (non-hydrogen) atoms. The molecule has 1 N–H and O–H groups in total. The van der Waals surface area contributed by atoms with Crippen molar-refractivity contribution in [3.05, 3.63) is 41.7 Å². The molecule has 4 rings (SSSR count). The summed E-state index contributed by atoms with van der Waals surface area (Å²) in [7, 11) is 0. The van der Waals surface area contributed by atoms with Gasteiger partial charge in [0.05, 0.1) is 11.2 Å². The number of aromatic nitrogens is 4. The Morgan fingerprint density at radius 1 is 1.24 bits per heavy atom. The Labute approximate surface area is 101 Å². The smallest absolute Gasteiger partial charge is 0.236 e. The number of aromatic amines is 1. The average Bonchev–Trinajstić information content (AvgIpc) is 2.85. The average molecular weight is 243 g/mol. The highest BCUT2D eigenvalue weighted by Gasteiger charge is 2.11. The SMILES string of the molecule is Clc1cnc2nc3c4ccccc4[nH]c3n2c1. The maximum absolute atomic E-state index is 5.95. The van der Waals surface area contributed by atoms with Crippen molar-refractivity contribution in [2.75, 3.05) is 0 Å². The molecule has 0 spiro atoms. The zero-order valence-electron chi connectivity index (χ0n) is 8.68. The summed E-state index contributed by atoms with van der Waals surface area (Å²) >= 11 is 5.95. The van der Waals surface area contributed by atoms with Gasteiger partial charge in [-0.2, -0.15) is 0 Å². The second-order valence-corrected chi connectivity index (χ2v) is 4.36. The topological polar surface area (TPSA) is 46.0 Å². The molecule has 3 aromatic heterocycles. The van der Waals surface area contributed by atoms with Crippen LogP contribution in [0.4, 0.5) is 0 Å². The van der Waals surface area contributed by atoms with Gasteiger partial charge in [-0.3, -0.25) is 4.40 Å². The van der Waals surface area contributed by atoms with Gasteiger partial charge in [-0.25, -0.2) is 9.97 Å². The molecular formula is C12H7ClN4. The lowest BCUT2D eigenvalue weighted by Gasteiger charge is -1.93. The number of fused-ring (bicyclic) bond motifs is 5. The van der Waals surface area contributed by atoms with Crippen LogP contribution in [-0.2, 0) is 0 Å². The highest BCUT2D eigenvalue weighted by molar-refractivity contribution is 6.30. The molecule has 82 valence electrons. The number of benzene rings is 1. The van der Waals surface area contributed by atoms with Gasteiger partial charge in [-0.05, 0) is 6.07 Å². The number of para-hydroxylation sites is 1. The van der Waals surface area contributed by atoms with Crippen LogP contribution in [0.3, 0.4) is 0 Å². The number of nitrogens with zero attached hydrogens (tertiary/aromatic N) is 3. The van der Waals surface area contributed by atoms with Crippen LogP contribution in [0.25, 0.3) is 27.8 Å². The highest BCUT2D eigenvalue weighted by Crippen LogP contribution is 2.25. The largest absolute Gasteiger partial charge is 0.339 e. The van der Waals surface area contributed by atoms with E-state index in [-0.39, 0.29) is 0 Å². The summed E-state index contributed by atoms with van der Waals surface area (Å²) in [5.74, 6) is 0.654. The van der Waals surface area contributed by atoms with E-state index in [0.29, 0.717) is 10.8 Å². The molecule has 0 aliphatic rings. The van der Waals surface area contributed by atoms with Crippen molar-refractivity contribution in [2.45, 2.75) is 0 Å². The monoisotopic (exact) mass is 242 g/mol. The molecule has 0 radical (unpaired) electrons. The summed E-state index contributed by atoms with van der Waals surface area (Å²) in [4.78, 5) is 12.0. The fourth-order valence-electron chi connectivity index (χ4n) is 2.14. The number of imidazole rings is 1. The summed E-state index contributed by atoms with van der Waals surface area (Å²) in [5, 5.41) is 1.69. The first kappa shape index (κ1) is 9.01. The number of nitrogens with one attached hydrogen (secondary N) is 1. The van der Waals surface area contributed by atoms with Gasteiger partial charge in [0.25, 0.3) is 0 Å². The van der Waals surface area contributed by atoms with Gasteiger partial charge in [-0.15, -0.1) is 0 Å². The molecule has 0 aliphatic carbocycles. The van der Waals surface area contributed by atoms with Gasteiger partial charge in [0.15, 0.2) is 0 Å². The van der Waals surface area contributed by atoms with Crippen LogP contribution < -0.4 is 0 Å². The molecule has 0 unspecified atom stereocenters. The van der Waals surface area contributed by atoms with Crippen molar-refractivity contribution in [1.29, 1.82) is 0 Å². The van der Waals surface area contributed by atoms with E-state index in [4.69, 9.17) is 11.6 Å². The molecule has 5 heteroatoms. The van der Waals surface area contributed by atoms with Gasteiger partial charge in [0, 0.05) is 17.1 Å². The Kier molecular flexibility index (Phi) is 1.58. The highest BCUT2D eigenvalue weighted by atomic mass is 35.5. The molecule has 0 saturated carbocycles. The van der Waals surface area contributed by atoms with Crippen LogP contribution in [0.2, 0.25) is 5.02 Å². The third-order valence-corrected chi connectivity index (χ3v) is 3.08. The summed E-state index contributed by atoms with van der Waals surface area (Å²) in [6, 6.07) is 8.07. The fourth-order valence-corrected chi connectivity index (χ4v) is 2.29. The standard InChI is InChI=1S/C12H7ClN4/c13-7-5-14-12-16-10-8-3-1-2-4-9(8)15-11(10)17(12)6-7/h1-6,15H. The van der Waals surface area contributed by atoms with Gasteiger partial charge >= 0.3 is 0 Å². The van der Waals surface area contributed by atoms with E-state index >= 15 is 0 Å². The first-order valence-corrected chi connectivity index (χ1v) is 5.61. The van der Waals surface area contributed by atoms with Crippen molar-refractivity contribution in [1.82, 2.24) is 19.4 Å². The molecule has 0 amide bonds. The fraction of sp³-hybridized carbons (Fsp3) is 0. The van der Waals surface area contributed by atoms with E-state index in [1.165, 1.54) is 0 Å². The number of hydrogen-bond donors (Lipinski definition) is 1. The summed E-state index contributed by atoms with van der Waals surface area (Å²) in [6.07, 6.45) is 3.42. The van der Waals surface area contributed by atoms with Crippen LogP contribution >= 0.6 is 11.6 Å². The van der Waals surface area contributed by atoms with Crippen LogP contribution in [0.5, 0.6) is 0 Å². The van der Waals surface area contributed by atoms with Crippen LogP contribution in [0.1, 0.15) is 0 Å². The van der Waals surface area contributed by atoms with Crippen molar-refractivity contribution >= 4 is 39.4 Å². The molecule has 1 aromatic carbocycles. The lowest BCUT2D eigenvalue weighted by atomic mass is 10.2. The van der Waals surface area contributed by atoms with Crippen molar-refractivity contribution < 1.29 is 0 Å². The Balaban J connectivity index is 2.30. The number of rotatable bonds is 0. The maximum atomic E-state index is 5.95. The minimum atomic E-state index is 0.593. The molecule has 0 fully saturated rings. The van der Waals surface area contributed by atoms with E-state index in [2.05, 4.69) is 15.0 Å². The lowest BCUT2D eigenvalue weighted by molar-refractivity contribution is 1.12. The Morgan fingerprint density at radius 3 is 3.06 bits per heavy atom. The second kappa shape index (κ2) is 2.99. The minimum Gasteiger partial charge on any atom is -0.339 e. The molecule has 0 atom stereocenters. The molecular weight excluding hydrogens is 236 g/mol. The zero-order chi connectivity index (χ0) is 11.4. The molecule has 0 aliphatic heterocycles. The Hall–Kier alpha value is -2.07. The summed E-state index contributed by atoms with van der Waals surface area (Å²) in [6.45, 7) is 0. The number of H-pyrrole nitrogens is 1. The van der Waals surface area contributed by atoms with Gasteiger partial charge in [0.2, 0.25) is 5.78 Å². The van der Waals surface area contributed by atoms with Gasteiger partial charge in [-0.1, -0.05) is 29.8 Å². The minimum absolute atomic E-state index is 0.593. The predicted molar refractivity (Wildman–Crippen MR) is 67.4 cm³/mol. The van der Waals surface area contributed by atoms with E-state index < -0.39 is 0 Å². The van der Waals surface area contributed by atoms with Gasteiger partial charge in [0.1, 0.15) is 11.2 Å². The number of halogens is 1. The van der Waals surface area contributed by atoms with E-state index in [1.54, 1.807) is 6.20 Å².